The highest BCUT2D eigenvalue weighted by Crippen LogP contribution is 2.25. The summed E-state index contributed by atoms with van der Waals surface area (Å²) in [6.07, 6.45) is 4.67. The number of H-pyrrole nitrogens is 1. The summed E-state index contributed by atoms with van der Waals surface area (Å²) in [7, 11) is 0. The Balaban J connectivity index is 1.61. The summed E-state index contributed by atoms with van der Waals surface area (Å²) in [5.74, 6) is 0.234. The molecule has 1 aromatic heterocycles. The Bertz CT molecular complexity index is 873. The number of hydrogen-bond donors (Lipinski definition) is 2. The molecule has 0 unspecified atom stereocenters. The number of carbonyl (C=O) groups excluding carboxylic acids is 1. The molecule has 4 rings (SSSR count). The van der Waals surface area contributed by atoms with Crippen LogP contribution in [0.15, 0.2) is 42.5 Å². The monoisotopic (exact) mass is 319 g/mol. The number of nitrogens with one attached hydrogen (secondary N) is 2. The first-order valence-electron chi connectivity index (χ1n) is 8.07. The van der Waals surface area contributed by atoms with Crippen LogP contribution in [-0.2, 0) is 12.8 Å². The minimum absolute atomic E-state index is 0.175. The normalized spacial score (nSPS) is 13.3. The maximum atomic E-state index is 12.7. The molecule has 0 spiro atoms. The molecule has 3 aromatic rings. The predicted molar refractivity (Wildman–Crippen MR) is 90.7 cm³/mol. The Morgan fingerprint density at radius 2 is 1.88 bits per heavy atom. The van der Waals surface area contributed by atoms with Gasteiger partial charge in [-0.05, 0) is 60.2 Å². The highest BCUT2D eigenvalue weighted by molar-refractivity contribution is 6.08. The predicted octanol–water partition coefficient (Wildman–Crippen LogP) is 3.00. The van der Waals surface area contributed by atoms with Crippen molar-refractivity contribution >= 4 is 11.6 Å². The van der Waals surface area contributed by atoms with E-state index in [4.69, 9.17) is 0 Å². The lowest BCUT2D eigenvalue weighted by molar-refractivity contribution is 0.102. The molecule has 24 heavy (non-hydrogen) atoms. The Hall–Kier alpha value is -3.02. The van der Waals surface area contributed by atoms with Crippen LogP contribution in [-0.4, -0.2) is 26.5 Å². The number of aryl methyl sites for hydroxylation is 2. The van der Waals surface area contributed by atoms with Crippen LogP contribution in [0, 0.1) is 0 Å². The number of benzene rings is 2. The second-order valence-corrected chi connectivity index (χ2v) is 5.93. The van der Waals surface area contributed by atoms with E-state index in [0.29, 0.717) is 17.0 Å². The lowest BCUT2D eigenvalue weighted by Crippen LogP contribution is -2.14. The van der Waals surface area contributed by atoms with Crippen LogP contribution in [0.2, 0.25) is 0 Å². The van der Waals surface area contributed by atoms with Crippen LogP contribution in [0.5, 0.6) is 0 Å². The maximum Gasteiger partial charge on any atom is 0.256 e. The standard InChI is InChI=1S/C18H17N5O/c24-18(16-8-4-3-7-15(16)17-20-22-23-21-17)19-14-10-9-12-5-1-2-6-13(12)11-14/h3-4,7-11H,1-2,5-6H2,(H,19,24)(H,20,21,22,23). The molecule has 0 bridgehead atoms. The van der Waals surface area contributed by atoms with Gasteiger partial charge in [0.25, 0.3) is 5.91 Å². The lowest BCUT2D eigenvalue weighted by Gasteiger charge is -2.17. The number of nitrogens with zero attached hydrogens (tertiary/aromatic N) is 3. The average Bonchev–Trinajstić information content (AvgIpc) is 3.16. The van der Waals surface area contributed by atoms with E-state index in [1.54, 1.807) is 6.07 Å². The van der Waals surface area contributed by atoms with Gasteiger partial charge in [0, 0.05) is 11.3 Å². The maximum absolute atomic E-state index is 12.7. The van der Waals surface area contributed by atoms with Gasteiger partial charge in [0.15, 0.2) is 0 Å². The largest absolute Gasteiger partial charge is 0.322 e. The summed E-state index contributed by atoms with van der Waals surface area (Å²) in [6.45, 7) is 0. The van der Waals surface area contributed by atoms with Gasteiger partial charge in [-0.2, -0.15) is 5.21 Å². The van der Waals surface area contributed by atoms with Crippen LogP contribution in [0.1, 0.15) is 34.3 Å². The van der Waals surface area contributed by atoms with Crippen LogP contribution in [0.25, 0.3) is 11.4 Å². The summed E-state index contributed by atoms with van der Waals surface area (Å²) in [6, 6.07) is 13.4. The molecule has 0 saturated heterocycles. The van der Waals surface area contributed by atoms with Gasteiger partial charge in [-0.1, -0.05) is 24.3 Å². The smallest absolute Gasteiger partial charge is 0.256 e. The molecule has 1 amide bonds. The first-order chi connectivity index (χ1) is 11.8. The van der Waals surface area contributed by atoms with E-state index >= 15 is 0 Å². The Labute approximate surface area is 139 Å². The summed E-state index contributed by atoms with van der Waals surface area (Å²) in [5, 5.41) is 16.9. The molecule has 0 radical (unpaired) electrons. The molecule has 0 fully saturated rings. The lowest BCUT2D eigenvalue weighted by atomic mass is 9.91. The highest BCUT2D eigenvalue weighted by atomic mass is 16.1. The molecule has 0 aliphatic heterocycles. The van der Waals surface area contributed by atoms with Crippen molar-refractivity contribution in [1.82, 2.24) is 20.6 Å². The third-order valence-corrected chi connectivity index (χ3v) is 4.36. The van der Waals surface area contributed by atoms with Crippen molar-refractivity contribution in [1.29, 1.82) is 0 Å². The van der Waals surface area contributed by atoms with E-state index in [0.717, 1.165) is 18.5 Å². The molecule has 0 saturated carbocycles. The van der Waals surface area contributed by atoms with E-state index < -0.39 is 0 Å². The van der Waals surface area contributed by atoms with Gasteiger partial charge in [0.05, 0.1) is 5.56 Å². The number of tetrazole rings is 1. The number of aromatic amines is 1. The second-order valence-electron chi connectivity index (χ2n) is 5.93. The van der Waals surface area contributed by atoms with Gasteiger partial charge in [0.1, 0.15) is 0 Å². The van der Waals surface area contributed by atoms with Crippen LogP contribution in [0.3, 0.4) is 0 Å². The van der Waals surface area contributed by atoms with Crippen molar-refractivity contribution in [3.05, 3.63) is 59.2 Å². The number of amides is 1. The average molecular weight is 319 g/mol. The van der Waals surface area contributed by atoms with E-state index in [9.17, 15) is 4.79 Å². The molecule has 1 aliphatic carbocycles. The zero-order valence-electron chi connectivity index (χ0n) is 13.1. The van der Waals surface area contributed by atoms with E-state index in [2.05, 4.69) is 38.1 Å². The number of fused-ring (bicyclic) bond motifs is 1. The summed E-state index contributed by atoms with van der Waals surface area (Å²) < 4.78 is 0. The number of carbonyl (C=O) groups is 1. The van der Waals surface area contributed by atoms with E-state index in [1.807, 2.05) is 24.3 Å². The number of aromatic nitrogens is 4. The molecule has 2 N–H and O–H groups in total. The van der Waals surface area contributed by atoms with E-state index in [-0.39, 0.29) is 5.91 Å². The first kappa shape index (κ1) is 14.6. The fourth-order valence-corrected chi connectivity index (χ4v) is 3.16. The molecule has 1 heterocycles. The topological polar surface area (TPSA) is 83.6 Å². The fourth-order valence-electron chi connectivity index (χ4n) is 3.16. The number of hydrogen-bond acceptors (Lipinski definition) is 4. The fraction of sp³-hybridized carbons (Fsp3) is 0.222. The van der Waals surface area contributed by atoms with E-state index in [1.165, 1.54) is 24.0 Å². The Kier molecular flexibility index (Phi) is 3.78. The van der Waals surface area contributed by atoms with Crippen molar-refractivity contribution in [3.63, 3.8) is 0 Å². The minimum Gasteiger partial charge on any atom is -0.322 e. The first-order valence-corrected chi connectivity index (χ1v) is 8.07. The quantitative estimate of drug-likeness (QED) is 0.777. The molecule has 6 nitrogen and oxygen atoms in total. The highest BCUT2D eigenvalue weighted by Gasteiger charge is 2.16. The molecule has 2 aromatic carbocycles. The summed E-state index contributed by atoms with van der Waals surface area (Å²) >= 11 is 0. The third-order valence-electron chi connectivity index (χ3n) is 4.36. The molecular weight excluding hydrogens is 302 g/mol. The molecule has 1 aliphatic rings. The van der Waals surface area contributed by atoms with Crippen molar-refractivity contribution < 1.29 is 4.79 Å². The van der Waals surface area contributed by atoms with Crippen LogP contribution < -0.4 is 5.32 Å². The Morgan fingerprint density at radius 3 is 2.71 bits per heavy atom. The molecule has 6 heteroatoms. The molecular formula is C18H17N5O. The number of anilines is 1. The minimum atomic E-state index is -0.175. The Morgan fingerprint density at radius 1 is 1.04 bits per heavy atom. The van der Waals surface area contributed by atoms with Crippen molar-refractivity contribution in [2.45, 2.75) is 25.7 Å². The SMILES string of the molecule is O=C(Nc1ccc2c(c1)CCCC2)c1ccccc1-c1nn[nH]n1. The molecule has 120 valence electrons. The van der Waals surface area contributed by atoms with Gasteiger partial charge in [0.2, 0.25) is 5.82 Å². The number of rotatable bonds is 3. The third kappa shape index (κ3) is 2.78. The zero-order chi connectivity index (χ0) is 16.4. The van der Waals surface area contributed by atoms with Crippen LogP contribution in [0.4, 0.5) is 5.69 Å². The van der Waals surface area contributed by atoms with Gasteiger partial charge < -0.3 is 5.32 Å². The van der Waals surface area contributed by atoms with Gasteiger partial charge in [-0.25, -0.2) is 0 Å². The van der Waals surface area contributed by atoms with Gasteiger partial charge in [-0.3, -0.25) is 4.79 Å². The summed E-state index contributed by atoms with van der Waals surface area (Å²) in [5.41, 5.74) is 4.74. The van der Waals surface area contributed by atoms with Gasteiger partial charge >= 0.3 is 0 Å². The van der Waals surface area contributed by atoms with Crippen LogP contribution >= 0.6 is 0 Å². The summed E-state index contributed by atoms with van der Waals surface area (Å²) in [4.78, 5) is 12.7. The van der Waals surface area contributed by atoms with Crippen molar-refractivity contribution in [2.75, 3.05) is 5.32 Å². The second kappa shape index (κ2) is 6.23. The van der Waals surface area contributed by atoms with Gasteiger partial charge in [-0.15, -0.1) is 10.2 Å². The van der Waals surface area contributed by atoms with Crippen molar-refractivity contribution in [2.24, 2.45) is 0 Å². The zero-order valence-corrected chi connectivity index (χ0v) is 13.1. The molecule has 0 atom stereocenters. The van der Waals surface area contributed by atoms with Crippen molar-refractivity contribution in [3.8, 4) is 11.4 Å².